The third kappa shape index (κ3) is 7.51. The van der Waals surface area contributed by atoms with E-state index in [0.717, 1.165) is 34.9 Å². The molecule has 0 amide bonds. The van der Waals surface area contributed by atoms with Crippen molar-refractivity contribution in [3.63, 3.8) is 0 Å². The summed E-state index contributed by atoms with van der Waals surface area (Å²) < 4.78 is 45.4. The van der Waals surface area contributed by atoms with Gasteiger partial charge in [0.05, 0.1) is 6.61 Å². The van der Waals surface area contributed by atoms with Crippen molar-refractivity contribution >= 4 is 27.3 Å². The van der Waals surface area contributed by atoms with Gasteiger partial charge in [0.25, 0.3) is 10.0 Å². The Labute approximate surface area is 206 Å². The molecule has 3 rings (SSSR count). The molecule has 2 heterocycles. The highest BCUT2D eigenvalue weighted by Gasteiger charge is 2.36. The van der Waals surface area contributed by atoms with Crippen molar-refractivity contribution in [2.24, 2.45) is 5.92 Å². The van der Waals surface area contributed by atoms with E-state index in [1.807, 2.05) is 24.3 Å². The maximum absolute atomic E-state index is 13.2. The summed E-state index contributed by atoms with van der Waals surface area (Å²) in [6, 6.07) is 9.86. The summed E-state index contributed by atoms with van der Waals surface area (Å²) in [7, 11) is -2.29. The molecule has 0 unspecified atom stereocenters. The van der Waals surface area contributed by atoms with Gasteiger partial charge in [-0.15, -0.1) is 11.3 Å². The number of benzene rings is 1. The molecule has 1 aromatic heterocycles. The number of piperidine rings is 1. The number of methoxy groups -OCH3 is 1. The summed E-state index contributed by atoms with van der Waals surface area (Å²) in [6.07, 6.45) is 1.39. The second-order valence-electron chi connectivity index (χ2n) is 9.20. The Hall–Kier alpha value is -1.98. The van der Waals surface area contributed by atoms with E-state index in [4.69, 9.17) is 14.2 Å². The van der Waals surface area contributed by atoms with E-state index in [1.54, 1.807) is 40.0 Å². The lowest BCUT2D eigenvalue weighted by Gasteiger charge is -2.31. The van der Waals surface area contributed by atoms with Crippen LogP contribution in [0.5, 0.6) is 5.75 Å². The molecule has 0 spiro atoms. The van der Waals surface area contributed by atoms with Gasteiger partial charge in [-0.05, 0) is 94.6 Å². The van der Waals surface area contributed by atoms with E-state index < -0.39 is 27.6 Å². The number of thiophene rings is 1. The van der Waals surface area contributed by atoms with Gasteiger partial charge in [-0.1, -0.05) is 0 Å². The lowest BCUT2D eigenvalue weighted by atomic mass is 9.91. The van der Waals surface area contributed by atoms with Gasteiger partial charge in [0.1, 0.15) is 28.2 Å². The predicted molar refractivity (Wildman–Crippen MR) is 133 cm³/mol. The topological polar surface area (TPSA) is 103 Å². The molecule has 2 aromatic rings. The summed E-state index contributed by atoms with van der Waals surface area (Å²) in [5.74, 6) is 0.0498. The number of rotatable bonds is 10. The van der Waals surface area contributed by atoms with Gasteiger partial charge in [0.15, 0.2) is 0 Å². The van der Waals surface area contributed by atoms with Gasteiger partial charge in [-0.3, -0.25) is 4.79 Å². The average molecular weight is 511 g/mol. The fourth-order valence-electron chi connectivity index (χ4n) is 3.68. The van der Waals surface area contributed by atoms with Gasteiger partial charge in [-0.2, -0.15) is 4.72 Å². The van der Waals surface area contributed by atoms with Gasteiger partial charge in [-0.25, -0.2) is 8.42 Å². The minimum atomic E-state index is -3.91. The predicted octanol–water partition coefficient (Wildman–Crippen LogP) is 3.43. The molecule has 0 radical (unpaired) electrons. The SMILES string of the molecule is COCCOc1ccc(-c2ccc(S(=O)(=O)N[C@@H](C(=O)OC(C)(C)C)C3CCNCC3)s2)cc1. The van der Waals surface area contributed by atoms with E-state index in [1.165, 1.54) is 0 Å². The number of hydrogen-bond donors (Lipinski definition) is 2. The third-order valence-corrected chi connectivity index (χ3v) is 8.41. The van der Waals surface area contributed by atoms with Crippen LogP contribution in [0, 0.1) is 5.92 Å². The maximum atomic E-state index is 13.2. The molecule has 1 aromatic carbocycles. The van der Waals surface area contributed by atoms with E-state index >= 15 is 0 Å². The fraction of sp³-hybridized carbons (Fsp3) is 0.542. The highest BCUT2D eigenvalue weighted by molar-refractivity contribution is 7.91. The van der Waals surface area contributed by atoms with Crippen molar-refractivity contribution in [1.82, 2.24) is 10.0 Å². The number of carbonyl (C=O) groups is 1. The van der Waals surface area contributed by atoms with E-state index in [2.05, 4.69) is 10.0 Å². The third-order valence-electron chi connectivity index (χ3n) is 5.34. The zero-order valence-electron chi connectivity index (χ0n) is 20.1. The van der Waals surface area contributed by atoms with Crippen LogP contribution in [0.3, 0.4) is 0 Å². The number of esters is 1. The molecule has 1 saturated heterocycles. The van der Waals surface area contributed by atoms with Crippen molar-refractivity contribution in [2.45, 2.75) is 49.5 Å². The molecule has 2 N–H and O–H groups in total. The lowest BCUT2D eigenvalue weighted by Crippen LogP contribution is -2.50. The summed E-state index contributed by atoms with van der Waals surface area (Å²) in [5, 5.41) is 3.25. The molecular formula is C24H34N2O6S2. The van der Waals surface area contributed by atoms with Crippen LogP contribution in [0.25, 0.3) is 10.4 Å². The second kappa shape index (κ2) is 11.6. The van der Waals surface area contributed by atoms with Crippen LogP contribution in [-0.2, 0) is 24.3 Å². The van der Waals surface area contributed by atoms with Crippen molar-refractivity contribution in [3.05, 3.63) is 36.4 Å². The maximum Gasteiger partial charge on any atom is 0.324 e. The van der Waals surface area contributed by atoms with Crippen molar-refractivity contribution in [1.29, 1.82) is 0 Å². The first-order valence-corrected chi connectivity index (χ1v) is 13.7. The van der Waals surface area contributed by atoms with Crippen LogP contribution in [0.4, 0.5) is 0 Å². The standard InChI is InChI=1S/C24H34N2O6S2/c1-24(2,3)32-23(27)22(18-11-13-25-14-12-18)26-34(28,29)21-10-9-20(33-21)17-5-7-19(8-6-17)31-16-15-30-4/h5-10,18,22,25-26H,11-16H2,1-4H3/t22-/m1/s1. The normalized spacial score (nSPS) is 16.2. The highest BCUT2D eigenvalue weighted by Crippen LogP contribution is 2.32. The molecule has 1 atom stereocenters. The number of nitrogens with one attached hydrogen (secondary N) is 2. The Kier molecular flexibility index (Phi) is 9.11. The second-order valence-corrected chi connectivity index (χ2v) is 12.2. The van der Waals surface area contributed by atoms with Gasteiger partial charge >= 0.3 is 5.97 Å². The lowest BCUT2D eigenvalue weighted by molar-refractivity contribution is -0.158. The zero-order valence-corrected chi connectivity index (χ0v) is 21.8. The molecular weight excluding hydrogens is 476 g/mol. The summed E-state index contributed by atoms with van der Waals surface area (Å²) in [4.78, 5) is 13.7. The molecule has 0 aliphatic carbocycles. The minimum absolute atomic E-state index is 0.129. The molecule has 10 heteroatoms. The molecule has 1 aliphatic rings. The molecule has 1 fully saturated rings. The number of hydrogen-bond acceptors (Lipinski definition) is 8. The smallest absolute Gasteiger partial charge is 0.324 e. The minimum Gasteiger partial charge on any atom is -0.491 e. The van der Waals surface area contributed by atoms with Crippen molar-refractivity contribution in [3.8, 4) is 16.2 Å². The van der Waals surface area contributed by atoms with E-state index in [0.29, 0.717) is 31.8 Å². The molecule has 0 saturated carbocycles. The van der Waals surface area contributed by atoms with E-state index in [-0.39, 0.29) is 10.1 Å². The number of carbonyl (C=O) groups excluding carboxylic acids is 1. The first kappa shape index (κ1) is 26.6. The van der Waals surface area contributed by atoms with Gasteiger partial charge in [0.2, 0.25) is 0 Å². The van der Waals surface area contributed by atoms with Crippen LogP contribution >= 0.6 is 11.3 Å². The van der Waals surface area contributed by atoms with Crippen LogP contribution in [0.2, 0.25) is 0 Å². The van der Waals surface area contributed by atoms with Gasteiger partial charge in [0, 0.05) is 12.0 Å². The molecule has 0 bridgehead atoms. The van der Waals surface area contributed by atoms with Crippen LogP contribution in [-0.4, -0.2) is 59.4 Å². The van der Waals surface area contributed by atoms with Crippen LogP contribution < -0.4 is 14.8 Å². The van der Waals surface area contributed by atoms with E-state index in [9.17, 15) is 13.2 Å². The summed E-state index contributed by atoms with van der Waals surface area (Å²) in [6.45, 7) is 7.76. The quantitative estimate of drug-likeness (QED) is 0.373. The first-order valence-electron chi connectivity index (χ1n) is 11.4. The molecule has 188 valence electrons. The Balaban J connectivity index is 1.75. The van der Waals surface area contributed by atoms with Gasteiger partial charge < -0.3 is 19.5 Å². The number of ether oxygens (including phenoxy) is 3. The van der Waals surface area contributed by atoms with Crippen molar-refractivity contribution in [2.75, 3.05) is 33.4 Å². The average Bonchev–Trinajstić information content (AvgIpc) is 3.29. The van der Waals surface area contributed by atoms with Crippen LogP contribution in [0.1, 0.15) is 33.6 Å². The highest BCUT2D eigenvalue weighted by atomic mass is 32.2. The fourth-order valence-corrected chi connectivity index (χ4v) is 6.26. The largest absolute Gasteiger partial charge is 0.491 e. The number of sulfonamides is 1. The van der Waals surface area contributed by atoms with Crippen molar-refractivity contribution < 1.29 is 27.4 Å². The molecule has 1 aliphatic heterocycles. The first-order chi connectivity index (χ1) is 16.1. The Morgan fingerprint density at radius 1 is 1.12 bits per heavy atom. The summed E-state index contributed by atoms with van der Waals surface area (Å²) in [5.41, 5.74) is 0.177. The molecule has 34 heavy (non-hydrogen) atoms. The Morgan fingerprint density at radius 3 is 2.41 bits per heavy atom. The summed E-state index contributed by atoms with van der Waals surface area (Å²) >= 11 is 1.16. The monoisotopic (exact) mass is 510 g/mol. The molecule has 8 nitrogen and oxygen atoms in total. The van der Waals surface area contributed by atoms with Crippen LogP contribution in [0.15, 0.2) is 40.6 Å². The Morgan fingerprint density at radius 2 is 1.79 bits per heavy atom. The Bertz CT molecular complexity index is 1040. The zero-order chi connectivity index (χ0) is 24.8.